The van der Waals surface area contributed by atoms with Crippen molar-refractivity contribution < 1.29 is 4.79 Å². The van der Waals surface area contributed by atoms with Crippen LogP contribution in [0.25, 0.3) is 11.0 Å². The SMILES string of the molecule is CC(=O)N(C)c1ccc(Nc2nc(NC3CCC3)c3cn[nH]c3n2)cc1. The Hall–Kier alpha value is -3.16. The molecule has 0 bridgehead atoms. The number of nitrogens with one attached hydrogen (secondary N) is 3. The van der Waals surface area contributed by atoms with Crippen molar-refractivity contribution in [1.82, 2.24) is 20.2 Å². The van der Waals surface area contributed by atoms with Gasteiger partial charge in [0.1, 0.15) is 5.82 Å². The van der Waals surface area contributed by atoms with Gasteiger partial charge in [-0.15, -0.1) is 0 Å². The lowest BCUT2D eigenvalue weighted by molar-refractivity contribution is -0.116. The smallest absolute Gasteiger partial charge is 0.231 e. The Labute approximate surface area is 151 Å². The predicted octanol–water partition coefficient (Wildman–Crippen LogP) is 3.04. The Bertz CT molecular complexity index is 930. The van der Waals surface area contributed by atoms with E-state index >= 15 is 0 Å². The van der Waals surface area contributed by atoms with Gasteiger partial charge in [-0.25, -0.2) is 0 Å². The highest BCUT2D eigenvalue weighted by Crippen LogP contribution is 2.28. The summed E-state index contributed by atoms with van der Waals surface area (Å²) >= 11 is 0. The zero-order valence-corrected chi connectivity index (χ0v) is 14.8. The predicted molar refractivity (Wildman–Crippen MR) is 102 cm³/mol. The molecule has 0 unspecified atom stereocenters. The largest absolute Gasteiger partial charge is 0.367 e. The second-order valence-corrected chi connectivity index (χ2v) is 6.55. The van der Waals surface area contributed by atoms with E-state index in [0.29, 0.717) is 17.6 Å². The summed E-state index contributed by atoms with van der Waals surface area (Å²) in [5, 5.41) is 14.6. The number of H-pyrrole nitrogens is 1. The van der Waals surface area contributed by atoms with Crippen molar-refractivity contribution in [1.29, 1.82) is 0 Å². The molecule has 26 heavy (non-hydrogen) atoms. The van der Waals surface area contributed by atoms with E-state index in [9.17, 15) is 4.79 Å². The maximum atomic E-state index is 11.4. The second kappa shape index (κ2) is 6.62. The van der Waals surface area contributed by atoms with E-state index in [1.165, 1.54) is 13.3 Å². The lowest BCUT2D eigenvalue weighted by Gasteiger charge is -2.27. The molecule has 1 aliphatic carbocycles. The number of aromatic amines is 1. The third-order valence-corrected chi connectivity index (χ3v) is 4.74. The number of anilines is 4. The maximum absolute atomic E-state index is 11.4. The number of nitrogens with zero attached hydrogens (tertiary/aromatic N) is 4. The van der Waals surface area contributed by atoms with Gasteiger partial charge in [-0.1, -0.05) is 0 Å². The third-order valence-electron chi connectivity index (χ3n) is 4.74. The Morgan fingerprint density at radius 2 is 2.00 bits per heavy atom. The summed E-state index contributed by atoms with van der Waals surface area (Å²) in [6.45, 7) is 1.54. The van der Waals surface area contributed by atoms with Gasteiger partial charge < -0.3 is 15.5 Å². The average Bonchev–Trinajstić information content (AvgIpc) is 3.06. The molecule has 4 rings (SSSR count). The third kappa shape index (κ3) is 3.17. The van der Waals surface area contributed by atoms with Gasteiger partial charge in [0.2, 0.25) is 11.9 Å². The molecule has 1 aliphatic rings. The van der Waals surface area contributed by atoms with Crippen molar-refractivity contribution in [3.05, 3.63) is 30.5 Å². The zero-order valence-electron chi connectivity index (χ0n) is 14.8. The molecule has 1 saturated carbocycles. The van der Waals surface area contributed by atoms with Crippen LogP contribution in [0.15, 0.2) is 30.5 Å². The lowest BCUT2D eigenvalue weighted by Crippen LogP contribution is -2.27. The van der Waals surface area contributed by atoms with E-state index in [1.54, 1.807) is 18.1 Å². The number of benzene rings is 1. The molecule has 0 atom stereocenters. The van der Waals surface area contributed by atoms with Gasteiger partial charge >= 0.3 is 0 Å². The fourth-order valence-corrected chi connectivity index (χ4v) is 2.83. The van der Waals surface area contributed by atoms with Crippen LogP contribution in [0.4, 0.5) is 23.1 Å². The number of aromatic nitrogens is 4. The number of hydrogen-bond acceptors (Lipinski definition) is 6. The topological polar surface area (TPSA) is 98.8 Å². The molecule has 1 fully saturated rings. The van der Waals surface area contributed by atoms with Gasteiger partial charge in [-0.2, -0.15) is 15.1 Å². The van der Waals surface area contributed by atoms with Crippen molar-refractivity contribution >= 4 is 40.1 Å². The molecular formula is C18H21N7O. The second-order valence-electron chi connectivity index (χ2n) is 6.55. The number of fused-ring (bicyclic) bond motifs is 1. The summed E-state index contributed by atoms with van der Waals surface area (Å²) in [5.41, 5.74) is 2.37. The van der Waals surface area contributed by atoms with Crippen LogP contribution in [0.5, 0.6) is 0 Å². The number of rotatable bonds is 5. The summed E-state index contributed by atoms with van der Waals surface area (Å²) in [4.78, 5) is 22.1. The standard InChI is InChI=1S/C18H21N7O/c1-11(26)25(2)14-8-6-13(7-9-14)21-18-22-16(20-12-4-3-5-12)15-10-19-24-17(15)23-18/h6-10,12H,3-5H2,1-2H3,(H3,19,20,21,22,23,24). The summed E-state index contributed by atoms with van der Waals surface area (Å²) in [6, 6.07) is 8.03. The van der Waals surface area contributed by atoms with Crippen molar-refractivity contribution in [2.75, 3.05) is 22.6 Å². The molecule has 1 aromatic carbocycles. The molecule has 3 N–H and O–H groups in total. The van der Waals surface area contributed by atoms with Crippen LogP contribution in [0, 0.1) is 0 Å². The first kappa shape index (κ1) is 16.3. The number of carbonyl (C=O) groups is 1. The van der Waals surface area contributed by atoms with Gasteiger partial charge in [0.25, 0.3) is 0 Å². The van der Waals surface area contributed by atoms with E-state index < -0.39 is 0 Å². The van der Waals surface area contributed by atoms with Gasteiger partial charge in [-0.3, -0.25) is 9.89 Å². The van der Waals surface area contributed by atoms with Crippen LogP contribution in [0.2, 0.25) is 0 Å². The summed E-state index contributed by atoms with van der Waals surface area (Å²) in [7, 11) is 1.75. The molecule has 0 aliphatic heterocycles. The fraction of sp³-hybridized carbons (Fsp3) is 0.333. The van der Waals surface area contributed by atoms with Crippen LogP contribution in [0.3, 0.4) is 0 Å². The fourth-order valence-electron chi connectivity index (χ4n) is 2.83. The van der Waals surface area contributed by atoms with Crippen LogP contribution in [-0.2, 0) is 4.79 Å². The summed E-state index contributed by atoms with van der Waals surface area (Å²) in [5.74, 6) is 1.28. The molecule has 2 heterocycles. The van der Waals surface area contributed by atoms with Crippen LogP contribution < -0.4 is 15.5 Å². The first-order valence-electron chi connectivity index (χ1n) is 8.69. The molecule has 134 valence electrons. The lowest BCUT2D eigenvalue weighted by atomic mass is 9.93. The minimum Gasteiger partial charge on any atom is -0.367 e. The molecule has 8 nitrogen and oxygen atoms in total. The van der Waals surface area contributed by atoms with E-state index in [-0.39, 0.29) is 5.91 Å². The normalized spacial score (nSPS) is 14.1. The number of amides is 1. The molecule has 0 spiro atoms. The minimum atomic E-state index is -0.00884. The Kier molecular flexibility index (Phi) is 4.16. The van der Waals surface area contributed by atoms with Gasteiger partial charge in [0, 0.05) is 31.4 Å². The monoisotopic (exact) mass is 351 g/mol. The van der Waals surface area contributed by atoms with Gasteiger partial charge in [0.15, 0.2) is 5.65 Å². The van der Waals surface area contributed by atoms with Crippen molar-refractivity contribution in [3.8, 4) is 0 Å². The Morgan fingerprint density at radius 3 is 2.65 bits per heavy atom. The quantitative estimate of drug-likeness (QED) is 0.653. The number of carbonyl (C=O) groups excluding carboxylic acids is 1. The molecule has 1 amide bonds. The number of hydrogen-bond donors (Lipinski definition) is 3. The Balaban J connectivity index is 1.57. The van der Waals surface area contributed by atoms with Gasteiger partial charge in [-0.05, 0) is 43.5 Å². The van der Waals surface area contributed by atoms with E-state index in [2.05, 4.69) is 30.8 Å². The molecule has 8 heteroatoms. The molecule has 0 radical (unpaired) electrons. The first-order chi connectivity index (χ1) is 12.6. The van der Waals surface area contributed by atoms with E-state index in [4.69, 9.17) is 0 Å². The van der Waals surface area contributed by atoms with Gasteiger partial charge in [0.05, 0.1) is 11.6 Å². The summed E-state index contributed by atoms with van der Waals surface area (Å²) in [6.07, 6.45) is 5.32. The first-order valence-corrected chi connectivity index (χ1v) is 8.69. The van der Waals surface area contributed by atoms with E-state index in [1.807, 2.05) is 24.3 Å². The highest BCUT2D eigenvalue weighted by atomic mass is 16.2. The van der Waals surface area contributed by atoms with Crippen LogP contribution in [-0.4, -0.2) is 39.2 Å². The average molecular weight is 351 g/mol. The molecule has 0 saturated heterocycles. The Morgan fingerprint density at radius 1 is 1.23 bits per heavy atom. The zero-order chi connectivity index (χ0) is 18.1. The van der Waals surface area contributed by atoms with Crippen molar-refractivity contribution in [3.63, 3.8) is 0 Å². The molecule has 3 aromatic rings. The molecule has 2 aromatic heterocycles. The highest BCUT2D eigenvalue weighted by Gasteiger charge is 2.20. The molecular weight excluding hydrogens is 330 g/mol. The van der Waals surface area contributed by atoms with Crippen molar-refractivity contribution in [2.24, 2.45) is 0 Å². The van der Waals surface area contributed by atoms with E-state index in [0.717, 1.165) is 35.4 Å². The van der Waals surface area contributed by atoms with Crippen molar-refractivity contribution in [2.45, 2.75) is 32.2 Å². The highest BCUT2D eigenvalue weighted by molar-refractivity contribution is 5.91. The summed E-state index contributed by atoms with van der Waals surface area (Å²) < 4.78 is 0. The van der Waals surface area contributed by atoms with Crippen LogP contribution >= 0.6 is 0 Å². The minimum absolute atomic E-state index is 0.00884. The maximum Gasteiger partial charge on any atom is 0.231 e. The van der Waals surface area contributed by atoms with Crippen LogP contribution in [0.1, 0.15) is 26.2 Å².